The quantitative estimate of drug-likeness (QED) is 0.809. The van der Waals surface area contributed by atoms with Crippen LogP contribution in [0.15, 0.2) is 0 Å². The molecule has 4 atom stereocenters. The van der Waals surface area contributed by atoms with Crippen LogP contribution in [0.4, 0.5) is 13.6 Å². The Bertz CT molecular complexity index is 436. The molecule has 1 unspecified atom stereocenters. The molecule has 1 N–H and O–H groups in total. The van der Waals surface area contributed by atoms with E-state index >= 15 is 0 Å². The SMILES string of the molecule is CC(C)(C)OC(=O)NC(C(=O)CCl)[C@@H]1C[C@@H]2[C@H](C1)C2(F)F. The number of amides is 1. The van der Waals surface area contributed by atoms with E-state index in [1.165, 1.54) is 0 Å². The molecule has 4 nitrogen and oxygen atoms in total. The van der Waals surface area contributed by atoms with E-state index < -0.39 is 35.5 Å². The molecule has 0 heterocycles. The first kappa shape index (κ1) is 16.5. The van der Waals surface area contributed by atoms with Gasteiger partial charge < -0.3 is 10.1 Å². The Labute approximate surface area is 127 Å². The van der Waals surface area contributed by atoms with E-state index in [1.54, 1.807) is 20.8 Å². The highest BCUT2D eigenvalue weighted by atomic mass is 35.5. The molecule has 0 aromatic heterocycles. The van der Waals surface area contributed by atoms with Crippen molar-refractivity contribution >= 4 is 23.5 Å². The van der Waals surface area contributed by atoms with Crippen molar-refractivity contribution in [2.75, 3.05) is 5.88 Å². The summed E-state index contributed by atoms with van der Waals surface area (Å²) in [7, 11) is 0. The van der Waals surface area contributed by atoms with E-state index in [9.17, 15) is 18.4 Å². The summed E-state index contributed by atoms with van der Waals surface area (Å²) in [5.74, 6) is -4.84. The maximum atomic E-state index is 13.2. The van der Waals surface area contributed by atoms with Crippen LogP contribution in [-0.2, 0) is 9.53 Å². The number of ketones is 1. The predicted octanol–water partition coefficient (Wildman–Crippen LogP) is 2.98. The van der Waals surface area contributed by atoms with Crippen LogP contribution in [-0.4, -0.2) is 35.3 Å². The van der Waals surface area contributed by atoms with Gasteiger partial charge in [0.1, 0.15) is 5.60 Å². The van der Waals surface area contributed by atoms with Crippen molar-refractivity contribution in [3.63, 3.8) is 0 Å². The molecule has 0 aromatic rings. The Morgan fingerprint density at radius 3 is 2.29 bits per heavy atom. The smallest absolute Gasteiger partial charge is 0.408 e. The molecule has 0 spiro atoms. The highest BCUT2D eigenvalue weighted by Gasteiger charge is 2.72. The highest BCUT2D eigenvalue weighted by molar-refractivity contribution is 6.28. The second-order valence-corrected chi connectivity index (χ2v) is 7.11. The number of Topliss-reactive ketones (excluding diaryl/α,β-unsaturated/α-hetero) is 1. The molecule has 0 aliphatic heterocycles. The van der Waals surface area contributed by atoms with Crippen molar-refractivity contribution in [2.24, 2.45) is 17.8 Å². The molecule has 2 aliphatic rings. The van der Waals surface area contributed by atoms with Gasteiger partial charge in [0, 0.05) is 11.8 Å². The van der Waals surface area contributed by atoms with Gasteiger partial charge in [-0.3, -0.25) is 4.79 Å². The fourth-order valence-corrected chi connectivity index (χ4v) is 3.27. The van der Waals surface area contributed by atoms with E-state index in [1.807, 2.05) is 0 Å². The Morgan fingerprint density at radius 1 is 1.33 bits per heavy atom. The number of carbonyl (C=O) groups is 2. The molecule has 2 rings (SSSR count). The lowest BCUT2D eigenvalue weighted by atomic mass is 9.91. The van der Waals surface area contributed by atoms with Gasteiger partial charge in [-0.15, -0.1) is 11.6 Å². The Hall–Kier alpha value is -0.910. The molecule has 0 bridgehead atoms. The normalized spacial score (nSPS) is 31.2. The highest BCUT2D eigenvalue weighted by Crippen LogP contribution is 2.66. The van der Waals surface area contributed by atoms with Gasteiger partial charge in [-0.05, 0) is 39.5 Å². The monoisotopic (exact) mass is 323 g/mol. The number of hydrogen-bond donors (Lipinski definition) is 1. The topological polar surface area (TPSA) is 55.4 Å². The van der Waals surface area contributed by atoms with Crippen LogP contribution < -0.4 is 5.32 Å². The van der Waals surface area contributed by atoms with Crippen molar-refractivity contribution in [1.82, 2.24) is 5.32 Å². The molecule has 21 heavy (non-hydrogen) atoms. The lowest BCUT2D eigenvalue weighted by molar-refractivity contribution is -0.120. The van der Waals surface area contributed by atoms with Gasteiger partial charge in [-0.25, -0.2) is 13.6 Å². The van der Waals surface area contributed by atoms with E-state index in [-0.39, 0.29) is 30.4 Å². The molecule has 2 aliphatic carbocycles. The summed E-state index contributed by atoms with van der Waals surface area (Å²) in [5, 5.41) is 2.49. The molecule has 0 saturated heterocycles. The van der Waals surface area contributed by atoms with Crippen molar-refractivity contribution in [3.8, 4) is 0 Å². The second kappa shape index (κ2) is 5.38. The van der Waals surface area contributed by atoms with Gasteiger partial charge >= 0.3 is 6.09 Å². The summed E-state index contributed by atoms with van der Waals surface area (Å²) < 4.78 is 31.6. The van der Waals surface area contributed by atoms with Crippen LogP contribution in [0.5, 0.6) is 0 Å². The first-order valence-electron chi connectivity index (χ1n) is 7.02. The molecular formula is C14H20ClF2NO3. The Morgan fingerprint density at radius 2 is 1.86 bits per heavy atom. The van der Waals surface area contributed by atoms with Crippen molar-refractivity contribution in [2.45, 2.75) is 51.2 Å². The minimum atomic E-state index is -2.60. The molecule has 2 saturated carbocycles. The zero-order valence-corrected chi connectivity index (χ0v) is 13.0. The summed E-state index contributed by atoms with van der Waals surface area (Å²) in [5.41, 5.74) is -0.691. The number of nitrogens with one attached hydrogen (secondary N) is 1. The number of rotatable bonds is 4. The van der Waals surface area contributed by atoms with Crippen molar-refractivity contribution < 1.29 is 23.1 Å². The molecule has 1 amide bonds. The average molecular weight is 324 g/mol. The number of alkyl carbamates (subject to hydrolysis) is 1. The molecule has 0 aromatic carbocycles. The third kappa shape index (κ3) is 3.47. The number of hydrogen-bond acceptors (Lipinski definition) is 3. The number of alkyl halides is 3. The fourth-order valence-electron chi connectivity index (χ4n) is 3.10. The van der Waals surface area contributed by atoms with Gasteiger partial charge in [0.2, 0.25) is 0 Å². The lowest BCUT2D eigenvalue weighted by Gasteiger charge is -2.27. The molecule has 2 fully saturated rings. The van der Waals surface area contributed by atoms with Crippen LogP contribution in [0.1, 0.15) is 33.6 Å². The van der Waals surface area contributed by atoms with Crippen molar-refractivity contribution in [3.05, 3.63) is 0 Å². The standard InChI is InChI=1S/C14H20ClF2NO3/c1-13(2,3)21-12(20)18-11(10(19)6-15)7-4-8-9(5-7)14(8,16)17/h7-9,11H,4-6H2,1-3H3,(H,18,20)/t7-,8-,9+,11?. The molecule has 120 valence electrons. The summed E-state index contributed by atoms with van der Waals surface area (Å²) in [6.07, 6.45) is -0.250. The zero-order valence-electron chi connectivity index (χ0n) is 12.3. The van der Waals surface area contributed by atoms with Crippen LogP contribution in [0.2, 0.25) is 0 Å². The summed E-state index contributed by atoms with van der Waals surface area (Å²) in [6, 6.07) is -0.846. The Balaban J connectivity index is 1.97. The third-order valence-corrected chi connectivity index (χ3v) is 4.36. The van der Waals surface area contributed by atoms with Crippen LogP contribution in [0.25, 0.3) is 0 Å². The molecule has 7 heteroatoms. The van der Waals surface area contributed by atoms with Crippen LogP contribution in [0, 0.1) is 17.8 Å². The van der Waals surface area contributed by atoms with E-state index in [0.717, 1.165) is 0 Å². The zero-order chi connectivity index (χ0) is 16.0. The first-order valence-corrected chi connectivity index (χ1v) is 7.55. The van der Waals surface area contributed by atoms with Crippen LogP contribution in [0.3, 0.4) is 0 Å². The average Bonchev–Trinajstić information content (AvgIpc) is 2.75. The minimum Gasteiger partial charge on any atom is -0.444 e. The maximum absolute atomic E-state index is 13.2. The predicted molar refractivity (Wildman–Crippen MR) is 73.5 cm³/mol. The molecular weight excluding hydrogens is 304 g/mol. The van der Waals surface area contributed by atoms with Gasteiger partial charge in [0.05, 0.1) is 11.9 Å². The van der Waals surface area contributed by atoms with Crippen molar-refractivity contribution in [1.29, 1.82) is 0 Å². The maximum Gasteiger partial charge on any atom is 0.408 e. The molecule has 0 radical (unpaired) electrons. The minimum absolute atomic E-state index is 0.237. The number of halogens is 3. The third-order valence-electron chi connectivity index (χ3n) is 4.10. The van der Waals surface area contributed by atoms with Gasteiger partial charge in [0.15, 0.2) is 5.78 Å². The van der Waals surface area contributed by atoms with E-state index in [2.05, 4.69) is 5.32 Å². The van der Waals surface area contributed by atoms with Gasteiger partial charge in [-0.2, -0.15) is 0 Å². The second-order valence-electron chi connectivity index (χ2n) is 6.84. The summed E-state index contributed by atoms with van der Waals surface area (Å²) >= 11 is 5.56. The largest absolute Gasteiger partial charge is 0.444 e. The number of ether oxygens (including phenoxy) is 1. The number of carbonyl (C=O) groups excluding carboxylic acids is 2. The van der Waals surface area contributed by atoms with Gasteiger partial charge in [0.25, 0.3) is 5.92 Å². The summed E-state index contributed by atoms with van der Waals surface area (Å²) in [4.78, 5) is 23.7. The Kier molecular flexibility index (Phi) is 4.21. The number of fused-ring (bicyclic) bond motifs is 1. The fraction of sp³-hybridized carbons (Fsp3) is 0.857. The summed E-state index contributed by atoms with van der Waals surface area (Å²) in [6.45, 7) is 5.11. The lowest BCUT2D eigenvalue weighted by Crippen LogP contribution is -2.48. The van der Waals surface area contributed by atoms with E-state index in [0.29, 0.717) is 0 Å². The van der Waals surface area contributed by atoms with Crippen LogP contribution >= 0.6 is 11.6 Å². The van der Waals surface area contributed by atoms with E-state index in [4.69, 9.17) is 16.3 Å². The first-order chi connectivity index (χ1) is 9.56. The van der Waals surface area contributed by atoms with Gasteiger partial charge in [-0.1, -0.05) is 0 Å².